The van der Waals surface area contributed by atoms with Gasteiger partial charge in [-0.25, -0.2) is 0 Å². The highest BCUT2D eigenvalue weighted by molar-refractivity contribution is 9.10. The van der Waals surface area contributed by atoms with Gasteiger partial charge in [0.2, 0.25) is 0 Å². The van der Waals surface area contributed by atoms with Gasteiger partial charge in [0.1, 0.15) is 0 Å². The monoisotopic (exact) mass is 343 g/mol. The minimum absolute atomic E-state index is 0.0270. The van der Waals surface area contributed by atoms with E-state index in [4.69, 9.17) is 11.6 Å². The lowest BCUT2D eigenvalue weighted by Crippen LogP contribution is -2.42. The number of nitrogens with one attached hydrogen (secondary N) is 1. The molecule has 2 nitrogen and oxygen atoms in total. The first-order valence-electron chi connectivity index (χ1n) is 6.73. The van der Waals surface area contributed by atoms with E-state index in [0.29, 0.717) is 16.5 Å². The second kappa shape index (κ2) is 6.27. The van der Waals surface area contributed by atoms with Crippen molar-refractivity contribution in [3.05, 3.63) is 33.3 Å². The van der Waals surface area contributed by atoms with E-state index in [1.54, 1.807) is 12.1 Å². The third-order valence-corrected chi connectivity index (χ3v) is 5.16. The average molecular weight is 345 g/mol. The SMILES string of the molecule is CC1CCC(NC(=O)c2ccc(Br)c(Cl)c2)C(C)C1. The molecule has 1 amide bonds. The maximum atomic E-state index is 12.2. The van der Waals surface area contributed by atoms with Crippen molar-refractivity contribution in [2.24, 2.45) is 11.8 Å². The molecule has 0 spiro atoms. The fourth-order valence-corrected chi connectivity index (χ4v) is 3.20. The van der Waals surface area contributed by atoms with Gasteiger partial charge in [-0.1, -0.05) is 25.4 Å². The summed E-state index contributed by atoms with van der Waals surface area (Å²) in [6.45, 7) is 4.50. The molecule has 0 aromatic heterocycles. The molecule has 0 heterocycles. The summed E-state index contributed by atoms with van der Waals surface area (Å²) in [7, 11) is 0. The van der Waals surface area contributed by atoms with Gasteiger partial charge < -0.3 is 5.32 Å². The van der Waals surface area contributed by atoms with Gasteiger partial charge >= 0.3 is 0 Å². The quantitative estimate of drug-likeness (QED) is 0.831. The molecule has 0 saturated heterocycles. The second-order valence-electron chi connectivity index (χ2n) is 5.60. The predicted molar refractivity (Wildman–Crippen MR) is 82.6 cm³/mol. The molecule has 1 aliphatic rings. The maximum Gasteiger partial charge on any atom is 0.251 e. The lowest BCUT2D eigenvalue weighted by atomic mass is 9.80. The van der Waals surface area contributed by atoms with Crippen molar-refractivity contribution < 1.29 is 4.79 Å². The van der Waals surface area contributed by atoms with Crippen molar-refractivity contribution in [2.75, 3.05) is 0 Å². The Hall–Kier alpha value is -0.540. The zero-order valence-corrected chi connectivity index (χ0v) is 13.6. The van der Waals surface area contributed by atoms with E-state index in [1.165, 1.54) is 12.8 Å². The van der Waals surface area contributed by atoms with Crippen LogP contribution in [-0.2, 0) is 0 Å². The van der Waals surface area contributed by atoms with E-state index in [2.05, 4.69) is 35.1 Å². The normalized spacial score (nSPS) is 27.1. The van der Waals surface area contributed by atoms with Crippen LogP contribution in [0.5, 0.6) is 0 Å². The van der Waals surface area contributed by atoms with Crippen LogP contribution in [0.3, 0.4) is 0 Å². The van der Waals surface area contributed by atoms with E-state index < -0.39 is 0 Å². The lowest BCUT2D eigenvalue weighted by Gasteiger charge is -2.33. The Morgan fingerprint density at radius 2 is 2.11 bits per heavy atom. The fourth-order valence-electron chi connectivity index (χ4n) is 2.77. The number of hydrogen-bond donors (Lipinski definition) is 1. The molecule has 1 aliphatic carbocycles. The molecule has 0 radical (unpaired) electrons. The minimum Gasteiger partial charge on any atom is -0.349 e. The Morgan fingerprint density at radius 3 is 2.74 bits per heavy atom. The number of amides is 1. The summed E-state index contributed by atoms with van der Waals surface area (Å²) in [5.41, 5.74) is 0.624. The average Bonchev–Trinajstić information content (AvgIpc) is 2.36. The van der Waals surface area contributed by atoms with E-state index in [9.17, 15) is 4.79 Å². The summed E-state index contributed by atoms with van der Waals surface area (Å²) in [5.74, 6) is 1.28. The molecular formula is C15H19BrClNO. The Kier molecular flexibility index (Phi) is 4.91. The summed E-state index contributed by atoms with van der Waals surface area (Å²) in [6, 6.07) is 5.59. The van der Waals surface area contributed by atoms with Crippen LogP contribution in [-0.4, -0.2) is 11.9 Å². The van der Waals surface area contributed by atoms with Gasteiger partial charge in [-0.15, -0.1) is 0 Å². The Morgan fingerprint density at radius 1 is 1.37 bits per heavy atom. The van der Waals surface area contributed by atoms with Crippen LogP contribution in [0.2, 0.25) is 5.02 Å². The first-order valence-corrected chi connectivity index (χ1v) is 7.90. The third kappa shape index (κ3) is 3.73. The van der Waals surface area contributed by atoms with Gasteiger partial charge in [-0.05, 0) is 65.2 Å². The molecule has 1 N–H and O–H groups in total. The van der Waals surface area contributed by atoms with E-state index in [1.807, 2.05) is 6.07 Å². The number of carbonyl (C=O) groups is 1. The molecule has 3 atom stereocenters. The molecule has 1 aromatic rings. The first kappa shape index (κ1) is 14.9. The Balaban J connectivity index is 2.02. The topological polar surface area (TPSA) is 29.1 Å². The first-order chi connectivity index (χ1) is 8.97. The number of carbonyl (C=O) groups excluding carboxylic acids is 1. The largest absolute Gasteiger partial charge is 0.349 e. The van der Waals surface area contributed by atoms with Crippen LogP contribution in [0.15, 0.2) is 22.7 Å². The molecule has 1 fully saturated rings. The van der Waals surface area contributed by atoms with Crippen LogP contribution in [0, 0.1) is 11.8 Å². The minimum atomic E-state index is -0.0270. The zero-order valence-electron chi connectivity index (χ0n) is 11.2. The van der Waals surface area contributed by atoms with Gasteiger partial charge in [0.05, 0.1) is 5.02 Å². The van der Waals surface area contributed by atoms with Crippen molar-refractivity contribution in [1.29, 1.82) is 0 Å². The highest BCUT2D eigenvalue weighted by Gasteiger charge is 2.26. The zero-order chi connectivity index (χ0) is 14.0. The van der Waals surface area contributed by atoms with Crippen LogP contribution in [0.25, 0.3) is 0 Å². The number of hydrogen-bond acceptors (Lipinski definition) is 1. The highest BCUT2D eigenvalue weighted by Crippen LogP contribution is 2.29. The van der Waals surface area contributed by atoms with Gasteiger partial charge in [-0.2, -0.15) is 0 Å². The fraction of sp³-hybridized carbons (Fsp3) is 0.533. The van der Waals surface area contributed by atoms with Gasteiger partial charge in [0.15, 0.2) is 0 Å². The second-order valence-corrected chi connectivity index (χ2v) is 6.87. The van der Waals surface area contributed by atoms with E-state index >= 15 is 0 Å². The van der Waals surface area contributed by atoms with Gasteiger partial charge in [-0.3, -0.25) is 4.79 Å². The number of benzene rings is 1. The molecule has 0 aliphatic heterocycles. The van der Waals surface area contributed by atoms with Crippen molar-refractivity contribution in [2.45, 2.75) is 39.2 Å². The molecule has 4 heteroatoms. The smallest absolute Gasteiger partial charge is 0.251 e. The highest BCUT2D eigenvalue weighted by atomic mass is 79.9. The Bertz CT molecular complexity index is 477. The molecule has 104 valence electrons. The van der Waals surface area contributed by atoms with Crippen molar-refractivity contribution in [3.63, 3.8) is 0 Å². The lowest BCUT2D eigenvalue weighted by molar-refractivity contribution is 0.0899. The molecule has 2 rings (SSSR count). The van der Waals surface area contributed by atoms with E-state index in [0.717, 1.165) is 16.8 Å². The van der Waals surface area contributed by atoms with Crippen molar-refractivity contribution in [3.8, 4) is 0 Å². The van der Waals surface area contributed by atoms with Crippen LogP contribution >= 0.6 is 27.5 Å². The van der Waals surface area contributed by atoms with Gasteiger partial charge in [0.25, 0.3) is 5.91 Å². The summed E-state index contributed by atoms with van der Waals surface area (Å²) in [5, 5.41) is 3.71. The molecular weight excluding hydrogens is 326 g/mol. The molecule has 19 heavy (non-hydrogen) atoms. The third-order valence-electron chi connectivity index (χ3n) is 3.93. The van der Waals surface area contributed by atoms with E-state index in [-0.39, 0.29) is 11.9 Å². The van der Waals surface area contributed by atoms with Crippen molar-refractivity contribution >= 4 is 33.4 Å². The molecule has 1 saturated carbocycles. The summed E-state index contributed by atoms with van der Waals surface area (Å²) < 4.78 is 0.811. The van der Waals surface area contributed by atoms with Crippen LogP contribution in [0.1, 0.15) is 43.5 Å². The summed E-state index contributed by atoms with van der Waals surface area (Å²) in [4.78, 5) is 12.2. The number of rotatable bonds is 2. The van der Waals surface area contributed by atoms with Crippen molar-refractivity contribution in [1.82, 2.24) is 5.32 Å². The predicted octanol–water partition coefficient (Wildman–Crippen LogP) is 4.66. The van der Waals surface area contributed by atoms with Crippen LogP contribution < -0.4 is 5.32 Å². The Labute approximate surface area is 128 Å². The molecule has 1 aromatic carbocycles. The van der Waals surface area contributed by atoms with Crippen LogP contribution in [0.4, 0.5) is 0 Å². The summed E-state index contributed by atoms with van der Waals surface area (Å²) >= 11 is 9.35. The number of halogens is 2. The summed E-state index contributed by atoms with van der Waals surface area (Å²) in [6.07, 6.45) is 3.45. The van der Waals surface area contributed by atoms with Gasteiger partial charge in [0, 0.05) is 16.1 Å². The maximum absolute atomic E-state index is 12.2. The molecule has 3 unspecified atom stereocenters. The standard InChI is InChI=1S/C15H19BrClNO/c1-9-3-6-14(10(2)7-9)18-15(19)11-4-5-12(16)13(17)8-11/h4-5,8-10,14H,3,6-7H2,1-2H3,(H,18,19). The molecule has 0 bridgehead atoms.